The molecule has 6 heteroatoms. The molecular formula is C8H13Cl3O3. The summed E-state index contributed by atoms with van der Waals surface area (Å²) >= 11 is 15.8. The average molecular weight is 264 g/mol. The number of esters is 1. The fraction of sp³-hybridized carbons (Fsp3) is 0.875. The molecule has 84 valence electrons. The van der Waals surface area contributed by atoms with Crippen LogP contribution in [0.3, 0.4) is 0 Å². The van der Waals surface area contributed by atoms with Gasteiger partial charge in [0, 0.05) is 6.61 Å². The SMILES string of the molecule is CCCCOCCOC(=O)C(Cl)(Cl)Cl. The van der Waals surface area contributed by atoms with E-state index in [4.69, 9.17) is 39.5 Å². The molecule has 0 spiro atoms. The fourth-order valence-electron chi connectivity index (χ4n) is 0.624. The lowest BCUT2D eigenvalue weighted by molar-refractivity contribution is -0.144. The van der Waals surface area contributed by atoms with E-state index in [1.165, 1.54) is 0 Å². The molecule has 0 aliphatic rings. The molecule has 3 nitrogen and oxygen atoms in total. The number of unbranched alkanes of at least 4 members (excludes halogenated alkanes) is 1. The van der Waals surface area contributed by atoms with Gasteiger partial charge in [-0.15, -0.1) is 0 Å². The van der Waals surface area contributed by atoms with Crippen LogP contribution in [0, 0.1) is 0 Å². The van der Waals surface area contributed by atoms with Crippen molar-refractivity contribution in [2.24, 2.45) is 0 Å². The zero-order chi connectivity index (χ0) is 11.0. The summed E-state index contributed by atoms with van der Waals surface area (Å²) in [6.07, 6.45) is 2.05. The number of hydrogen-bond acceptors (Lipinski definition) is 3. The molecule has 0 fully saturated rings. The third-order valence-electron chi connectivity index (χ3n) is 1.33. The standard InChI is InChI=1S/C8H13Cl3O3/c1-2-3-4-13-5-6-14-7(12)8(9,10)11/h2-6H2,1H3. The summed E-state index contributed by atoms with van der Waals surface area (Å²) in [7, 11) is 0. The second-order valence-corrected chi connectivity index (χ2v) is 4.88. The van der Waals surface area contributed by atoms with Crippen molar-refractivity contribution in [3.05, 3.63) is 0 Å². The van der Waals surface area contributed by atoms with Gasteiger partial charge in [-0.2, -0.15) is 0 Å². The van der Waals surface area contributed by atoms with Crippen LogP contribution in [0.1, 0.15) is 19.8 Å². The van der Waals surface area contributed by atoms with Crippen molar-refractivity contribution >= 4 is 40.8 Å². The Balaban J connectivity index is 3.33. The molecule has 0 heterocycles. The number of alkyl halides is 3. The van der Waals surface area contributed by atoms with Crippen LogP contribution in [0.15, 0.2) is 0 Å². The Labute approximate surface area is 98.6 Å². The smallest absolute Gasteiger partial charge is 0.358 e. The summed E-state index contributed by atoms with van der Waals surface area (Å²) in [6.45, 7) is 3.15. The molecule has 0 saturated carbocycles. The van der Waals surface area contributed by atoms with E-state index < -0.39 is 9.76 Å². The molecule has 0 aromatic heterocycles. The van der Waals surface area contributed by atoms with Gasteiger partial charge in [0.25, 0.3) is 3.79 Å². The van der Waals surface area contributed by atoms with Crippen LogP contribution in [-0.4, -0.2) is 29.6 Å². The second kappa shape index (κ2) is 7.57. The number of ether oxygens (including phenoxy) is 2. The van der Waals surface area contributed by atoms with Crippen LogP contribution in [0.25, 0.3) is 0 Å². The monoisotopic (exact) mass is 262 g/mol. The van der Waals surface area contributed by atoms with E-state index >= 15 is 0 Å². The van der Waals surface area contributed by atoms with E-state index in [0.717, 1.165) is 12.8 Å². The molecule has 0 unspecified atom stereocenters. The lowest BCUT2D eigenvalue weighted by Gasteiger charge is -2.10. The first-order valence-electron chi connectivity index (χ1n) is 4.30. The van der Waals surface area contributed by atoms with E-state index in [9.17, 15) is 4.79 Å². The van der Waals surface area contributed by atoms with Crippen LogP contribution < -0.4 is 0 Å². The van der Waals surface area contributed by atoms with Gasteiger partial charge in [-0.1, -0.05) is 48.1 Å². The maximum Gasteiger partial charge on any atom is 0.358 e. The molecule has 0 radical (unpaired) electrons. The summed E-state index contributed by atoms with van der Waals surface area (Å²) in [5.74, 6) is -0.874. The minimum atomic E-state index is -2.00. The van der Waals surface area contributed by atoms with Gasteiger partial charge in [-0.25, -0.2) is 4.79 Å². The summed E-state index contributed by atoms with van der Waals surface area (Å²) in [5, 5.41) is 0. The predicted octanol–water partition coefficient (Wildman–Crippen LogP) is 2.72. The lowest BCUT2D eigenvalue weighted by atomic mass is 10.4. The second-order valence-electron chi connectivity index (χ2n) is 2.60. The van der Waals surface area contributed by atoms with Gasteiger partial charge in [-0.05, 0) is 6.42 Å². The molecule has 0 aromatic carbocycles. The average Bonchev–Trinajstić information content (AvgIpc) is 2.09. The minimum Gasteiger partial charge on any atom is -0.460 e. The Morgan fingerprint density at radius 3 is 2.36 bits per heavy atom. The van der Waals surface area contributed by atoms with E-state index in [-0.39, 0.29) is 6.61 Å². The van der Waals surface area contributed by atoms with E-state index in [1.54, 1.807) is 0 Å². The third-order valence-corrected chi connectivity index (χ3v) is 1.80. The van der Waals surface area contributed by atoms with Gasteiger partial charge >= 0.3 is 5.97 Å². The van der Waals surface area contributed by atoms with E-state index in [1.807, 2.05) is 0 Å². The highest BCUT2D eigenvalue weighted by Crippen LogP contribution is 2.27. The van der Waals surface area contributed by atoms with Crippen molar-refractivity contribution in [3.63, 3.8) is 0 Å². The van der Waals surface area contributed by atoms with Crippen LogP contribution in [0.2, 0.25) is 0 Å². The van der Waals surface area contributed by atoms with E-state index in [0.29, 0.717) is 13.2 Å². The first-order chi connectivity index (χ1) is 6.48. The van der Waals surface area contributed by atoms with Crippen molar-refractivity contribution in [2.75, 3.05) is 19.8 Å². The van der Waals surface area contributed by atoms with Crippen molar-refractivity contribution in [3.8, 4) is 0 Å². The van der Waals surface area contributed by atoms with Gasteiger partial charge in [0.15, 0.2) is 0 Å². The number of carbonyl (C=O) groups excluding carboxylic acids is 1. The van der Waals surface area contributed by atoms with Crippen LogP contribution in [-0.2, 0) is 14.3 Å². The Bertz CT molecular complexity index is 168. The molecule has 14 heavy (non-hydrogen) atoms. The topological polar surface area (TPSA) is 35.5 Å². The maximum absolute atomic E-state index is 10.9. The van der Waals surface area contributed by atoms with Crippen molar-refractivity contribution < 1.29 is 14.3 Å². The predicted molar refractivity (Wildman–Crippen MR) is 57.0 cm³/mol. The molecule has 0 saturated heterocycles. The van der Waals surface area contributed by atoms with Crippen LogP contribution in [0.5, 0.6) is 0 Å². The first-order valence-corrected chi connectivity index (χ1v) is 5.43. The maximum atomic E-state index is 10.9. The summed E-state index contributed by atoms with van der Waals surface area (Å²) in [6, 6.07) is 0. The van der Waals surface area contributed by atoms with Gasteiger partial charge in [0.05, 0.1) is 6.61 Å². The third kappa shape index (κ3) is 7.68. The Morgan fingerprint density at radius 2 is 1.86 bits per heavy atom. The first kappa shape index (κ1) is 14.3. The Morgan fingerprint density at radius 1 is 1.21 bits per heavy atom. The zero-order valence-electron chi connectivity index (χ0n) is 7.89. The zero-order valence-corrected chi connectivity index (χ0v) is 10.2. The Hall–Kier alpha value is 0.300. The molecule has 0 rings (SSSR count). The van der Waals surface area contributed by atoms with Gasteiger partial charge in [0.1, 0.15) is 6.61 Å². The summed E-state index contributed by atoms with van der Waals surface area (Å²) in [5.41, 5.74) is 0. The quantitative estimate of drug-likeness (QED) is 0.420. The molecule has 0 aliphatic carbocycles. The number of carbonyl (C=O) groups is 1. The normalized spacial score (nSPS) is 11.4. The fourth-order valence-corrected chi connectivity index (χ4v) is 0.787. The number of rotatable bonds is 6. The summed E-state index contributed by atoms with van der Waals surface area (Å²) < 4.78 is 7.76. The van der Waals surface area contributed by atoms with E-state index in [2.05, 4.69) is 11.7 Å². The molecule has 0 bridgehead atoms. The molecular weight excluding hydrogens is 250 g/mol. The van der Waals surface area contributed by atoms with Gasteiger partial charge < -0.3 is 9.47 Å². The Kier molecular flexibility index (Phi) is 7.74. The van der Waals surface area contributed by atoms with Gasteiger partial charge in [-0.3, -0.25) is 0 Å². The van der Waals surface area contributed by atoms with Crippen LogP contribution >= 0.6 is 34.8 Å². The highest BCUT2D eigenvalue weighted by molar-refractivity contribution is 6.75. The van der Waals surface area contributed by atoms with Crippen LogP contribution in [0.4, 0.5) is 0 Å². The van der Waals surface area contributed by atoms with Gasteiger partial charge in [0.2, 0.25) is 0 Å². The number of halogens is 3. The minimum absolute atomic E-state index is 0.108. The molecule has 0 aromatic rings. The van der Waals surface area contributed by atoms with Crippen molar-refractivity contribution in [1.29, 1.82) is 0 Å². The molecule has 0 N–H and O–H groups in total. The molecule has 0 atom stereocenters. The lowest BCUT2D eigenvalue weighted by Crippen LogP contribution is -2.23. The van der Waals surface area contributed by atoms with Crippen molar-refractivity contribution in [1.82, 2.24) is 0 Å². The largest absolute Gasteiger partial charge is 0.460 e. The highest BCUT2D eigenvalue weighted by atomic mass is 35.6. The molecule has 0 amide bonds. The summed E-state index contributed by atoms with van der Waals surface area (Å²) in [4.78, 5) is 10.9. The highest BCUT2D eigenvalue weighted by Gasteiger charge is 2.32. The molecule has 0 aliphatic heterocycles. The number of hydrogen-bond donors (Lipinski definition) is 0. The van der Waals surface area contributed by atoms with Crippen molar-refractivity contribution in [2.45, 2.75) is 23.6 Å².